The van der Waals surface area contributed by atoms with Crippen LogP contribution in [0.1, 0.15) is 5.56 Å². The first-order chi connectivity index (χ1) is 10.8. The molecule has 0 aromatic heterocycles. The van der Waals surface area contributed by atoms with E-state index in [0.29, 0.717) is 13.0 Å². The van der Waals surface area contributed by atoms with Crippen LogP contribution in [0.5, 0.6) is 11.5 Å². The van der Waals surface area contributed by atoms with Crippen molar-refractivity contribution in [3.05, 3.63) is 23.8 Å². The first-order valence-electron chi connectivity index (χ1n) is 6.77. The van der Waals surface area contributed by atoms with Gasteiger partial charge in [0, 0.05) is 0 Å². The van der Waals surface area contributed by atoms with E-state index in [1.54, 1.807) is 6.07 Å². The Morgan fingerprint density at radius 3 is 2.04 bits per heavy atom. The molecule has 0 fully saturated rings. The number of hydrogen-bond acceptors (Lipinski definition) is 9. The number of carbonyl (C=O) groups is 1. The molecule has 1 rings (SSSR count). The maximum atomic E-state index is 9.90. The van der Waals surface area contributed by atoms with Crippen LogP contribution in [0.3, 0.4) is 0 Å². The molecular weight excluding hydrogens is 346 g/mol. The number of aromatic hydroxyl groups is 2. The molecule has 1 aromatic rings. The number of aldehydes is 1. The average Bonchev–Trinajstić information content (AvgIpc) is 2.56. The highest BCUT2D eigenvalue weighted by Gasteiger charge is 2.29. The smallest absolute Gasteiger partial charge is 0.157 e. The van der Waals surface area contributed by atoms with Gasteiger partial charge in [0.1, 0.15) is 24.4 Å². The van der Waals surface area contributed by atoms with Gasteiger partial charge >= 0.3 is 0 Å². The van der Waals surface area contributed by atoms with Gasteiger partial charge in [-0.25, -0.2) is 0 Å². The molecule has 0 radical (unpaired) electrons. The third-order valence-electron chi connectivity index (χ3n) is 2.89. The third kappa shape index (κ3) is 8.41. The van der Waals surface area contributed by atoms with Gasteiger partial charge in [-0.3, -0.25) is 0 Å². The van der Waals surface area contributed by atoms with Gasteiger partial charge in [-0.05, 0) is 30.7 Å². The molecule has 0 aliphatic rings. The molecule has 0 heterocycles. The van der Waals surface area contributed by atoms with Crippen molar-refractivity contribution in [3.63, 3.8) is 0 Å². The zero-order valence-electron chi connectivity index (χ0n) is 12.8. The van der Waals surface area contributed by atoms with Crippen LogP contribution in [-0.4, -0.2) is 79.6 Å². The fourth-order valence-electron chi connectivity index (χ4n) is 1.51. The van der Waals surface area contributed by atoms with Crippen LogP contribution in [0.25, 0.3) is 0 Å². The maximum absolute atomic E-state index is 9.90. The van der Waals surface area contributed by atoms with E-state index in [1.807, 2.05) is 0 Å². The van der Waals surface area contributed by atoms with Crippen LogP contribution in [0.4, 0.5) is 0 Å². The van der Waals surface area contributed by atoms with Gasteiger partial charge in [-0.1, -0.05) is 6.07 Å². The Morgan fingerprint density at radius 1 is 1.04 bits per heavy atom. The molecule has 0 aliphatic heterocycles. The Balaban J connectivity index is 0. The van der Waals surface area contributed by atoms with Crippen molar-refractivity contribution >= 4 is 18.7 Å². The Kier molecular flexibility index (Phi) is 13.3. The lowest BCUT2D eigenvalue weighted by Gasteiger charge is -2.22. The van der Waals surface area contributed by atoms with Crippen LogP contribution >= 0.6 is 12.4 Å². The number of halogens is 1. The van der Waals surface area contributed by atoms with Gasteiger partial charge < -0.3 is 46.3 Å². The quantitative estimate of drug-likeness (QED) is 0.192. The fraction of sp³-hybridized carbons (Fsp3) is 0.500. The lowest BCUT2D eigenvalue weighted by Crippen LogP contribution is -2.46. The molecule has 0 unspecified atom stereocenters. The molecule has 9 N–H and O–H groups in total. The molecule has 9 nitrogen and oxygen atoms in total. The van der Waals surface area contributed by atoms with Crippen LogP contribution in [0.15, 0.2) is 18.2 Å². The number of hydrogen-bond donors (Lipinski definition) is 8. The summed E-state index contributed by atoms with van der Waals surface area (Å²) in [7, 11) is 0. The summed E-state index contributed by atoms with van der Waals surface area (Å²) in [6.07, 6.45) is -6.12. The molecule has 140 valence electrons. The Bertz CT molecular complexity index is 476. The molecule has 0 spiro atoms. The Hall–Kier alpha value is -1.46. The maximum Gasteiger partial charge on any atom is 0.157 e. The van der Waals surface area contributed by atoms with Crippen LogP contribution < -0.4 is 5.73 Å². The molecule has 0 aliphatic carbocycles. The Morgan fingerprint density at radius 2 is 1.62 bits per heavy atom. The Labute approximate surface area is 145 Å². The number of carbonyl (C=O) groups excluding carboxylic acids is 1. The minimum absolute atomic E-state index is 0. The second-order valence-corrected chi connectivity index (χ2v) is 4.72. The van der Waals surface area contributed by atoms with Crippen molar-refractivity contribution in [1.29, 1.82) is 0 Å². The molecule has 4 atom stereocenters. The minimum atomic E-state index is -1.79. The van der Waals surface area contributed by atoms with Gasteiger partial charge in [-0.2, -0.15) is 0 Å². The number of nitrogens with two attached hydrogens (primary N) is 1. The molecule has 0 saturated heterocycles. The first kappa shape index (κ1) is 24.8. The molecule has 1 aromatic carbocycles. The van der Waals surface area contributed by atoms with Crippen molar-refractivity contribution in [1.82, 2.24) is 0 Å². The molecule has 10 heteroatoms. The lowest BCUT2D eigenvalue weighted by molar-refractivity contribution is -0.136. The summed E-state index contributed by atoms with van der Waals surface area (Å²) in [5, 5.41) is 61.5. The van der Waals surface area contributed by atoms with E-state index in [4.69, 9.17) is 41.5 Å². The third-order valence-corrected chi connectivity index (χ3v) is 2.89. The lowest BCUT2D eigenvalue weighted by atomic mass is 10.0. The van der Waals surface area contributed by atoms with Crippen molar-refractivity contribution in [3.8, 4) is 11.5 Å². The number of aliphatic hydroxyl groups is 5. The monoisotopic (exact) mass is 369 g/mol. The van der Waals surface area contributed by atoms with E-state index in [9.17, 15) is 4.79 Å². The van der Waals surface area contributed by atoms with Crippen molar-refractivity contribution in [2.24, 2.45) is 5.73 Å². The second kappa shape index (κ2) is 12.9. The van der Waals surface area contributed by atoms with E-state index in [2.05, 4.69) is 0 Å². The molecule has 0 saturated carbocycles. The predicted molar refractivity (Wildman–Crippen MR) is 87.0 cm³/mol. The topological polar surface area (TPSA) is 185 Å². The number of phenols is 2. The van der Waals surface area contributed by atoms with E-state index >= 15 is 0 Å². The summed E-state index contributed by atoms with van der Waals surface area (Å²) in [6, 6.07) is 4.71. The van der Waals surface area contributed by atoms with E-state index in [0.717, 1.165) is 5.56 Å². The summed E-state index contributed by atoms with van der Waals surface area (Å²) in [4.78, 5) is 9.90. The van der Waals surface area contributed by atoms with Gasteiger partial charge in [0.2, 0.25) is 0 Å². The summed E-state index contributed by atoms with van der Waals surface area (Å²) < 4.78 is 0. The highest BCUT2D eigenvalue weighted by molar-refractivity contribution is 5.85. The molecule has 0 amide bonds. The number of phenolic OH excluding ortho intramolecular Hbond substituents is 2. The standard InChI is InChI=1S/C8H11NO2.C6H12O6.ClH/c9-4-3-6-1-2-7(10)8(11)5-6;7-1-3(9)5(11)6(12)4(10)2-8;/h1-2,5,10-11H,3-4,9H2;1,3-6,8-12H,2H2;1H/t;3-,4+,5+,6+;/m.0./s1. The van der Waals surface area contributed by atoms with E-state index in [1.165, 1.54) is 12.1 Å². The number of benzene rings is 1. The van der Waals surface area contributed by atoms with Crippen molar-refractivity contribution in [2.75, 3.05) is 13.2 Å². The SMILES string of the molecule is Cl.NCCc1ccc(O)c(O)c1.O=C[C@H](O)[C@@H](O)[C@H](O)[C@H](O)CO. The van der Waals surface area contributed by atoms with E-state index < -0.39 is 31.0 Å². The molecule has 0 bridgehead atoms. The van der Waals surface area contributed by atoms with Crippen molar-refractivity contribution in [2.45, 2.75) is 30.8 Å². The average molecular weight is 370 g/mol. The van der Waals surface area contributed by atoms with E-state index in [-0.39, 0.29) is 30.2 Å². The largest absolute Gasteiger partial charge is 0.504 e. The second-order valence-electron chi connectivity index (χ2n) is 4.72. The summed E-state index contributed by atoms with van der Waals surface area (Å²) >= 11 is 0. The van der Waals surface area contributed by atoms with Crippen LogP contribution in [-0.2, 0) is 11.2 Å². The van der Waals surface area contributed by atoms with Crippen molar-refractivity contribution < 1.29 is 40.5 Å². The molecular formula is C14H24ClNO8. The van der Waals surface area contributed by atoms with Gasteiger partial charge in [0.25, 0.3) is 0 Å². The first-order valence-corrected chi connectivity index (χ1v) is 6.77. The zero-order valence-corrected chi connectivity index (χ0v) is 13.6. The van der Waals surface area contributed by atoms with Crippen LogP contribution in [0, 0.1) is 0 Å². The summed E-state index contributed by atoms with van der Waals surface area (Å²) in [5.41, 5.74) is 6.24. The molecule has 24 heavy (non-hydrogen) atoms. The van der Waals surface area contributed by atoms with Gasteiger partial charge in [0.05, 0.1) is 6.61 Å². The normalized spacial score (nSPS) is 15.1. The highest BCUT2D eigenvalue weighted by atomic mass is 35.5. The zero-order chi connectivity index (χ0) is 18.0. The minimum Gasteiger partial charge on any atom is -0.504 e. The fourth-order valence-corrected chi connectivity index (χ4v) is 1.51. The summed E-state index contributed by atoms with van der Waals surface area (Å²) in [6.45, 7) is -0.214. The number of rotatable bonds is 7. The predicted octanol–water partition coefficient (Wildman–Crippen LogP) is -2.36. The number of aliphatic hydroxyl groups excluding tert-OH is 5. The van der Waals surface area contributed by atoms with Gasteiger partial charge in [-0.15, -0.1) is 12.4 Å². The highest BCUT2D eigenvalue weighted by Crippen LogP contribution is 2.24. The summed E-state index contributed by atoms with van der Waals surface area (Å²) in [5.74, 6) is -0.179. The van der Waals surface area contributed by atoms with Gasteiger partial charge in [0.15, 0.2) is 17.8 Å². The van der Waals surface area contributed by atoms with Crippen LogP contribution in [0.2, 0.25) is 0 Å².